The van der Waals surface area contributed by atoms with Crippen molar-refractivity contribution in [3.8, 4) is 39.3 Å². The smallest absolute Gasteiger partial charge is 0.119 e. The van der Waals surface area contributed by atoms with E-state index in [1.807, 2.05) is 18.3 Å². The number of aryl methyl sites for hydroxylation is 2. The molecular formula is C26H23NO. The molecule has 0 atom stereocenters. The highest BCUT2D eigenvalue weighted by Gasteiger charge is 2.12. The van der Waals surface area contributed by atoms with Crippen LogP contribution in [0.15, 0.2) is 85.1 Å². The maximum atomic E-state index is 5.42. The SMILES string of the molecule is COc1cccc(-c2cnc(-c3cccc(C)c3)cc2-c2ccc(C)cc2)c1. The first-order valence-corrected chi connectivity index (χ1v) is 9.42. The van der Waals surface area contributed by atoms with Crippen LogP contribution in [-0.4, -0.2) is 12.1 Å². The van der Waals surface area contributed by atoms with Crippen molar-refractivity contribution >= 4 is 0 Å². The Balaban J connectivity index is 1.91. The summed E-state index contributed by atoms with van der Waals surface area (Å²) in [6, 6.07) is 27.4. The summed E-state index contributed by atoms with van der Waals surface area (Å²) in [5.74, 6) is 0.843. The van der Waals surface area contributed by atoms with Crippen LogP contribution >= 0.6 is 0 Å². The minimum absolute atomic E-state index is 0.843. The average Bonchev–Trinajstić information content (AvgIpc) is 2.74. The van der Waals surface area contributed by atoms with Crippen molar-refractivity contribution in [3.05, 3.63) is 96.2 Å². The van der Waals surface area contributed by atoms with Crippen molar-refractivity contribution in [1.29, 1.82) is 0 Å². The van der Waals surface area contributed by atoms with Gasteiger partial charge in [0.25, 0.3) is 0 Å². The number of methoxy groups -OCH3 is 1. The van der Waals surface area contributed by atoms with Crippen LogP contribution in [0.1, 0.15) is 11.1 Å². The van der Waals surface area contributed by atoms with Gasteiger partial charge in [-0.1, -0.05) is 65.7 Å². The number of hydrogen-bond donors (Lipinski definition) is 0. The Kier molecular flexibility index (Phi) is 4.94. The highest BCUT2D eigenvalue weighted by Crippen LogP contribution is 2.35. The second-order valence-corrected chi connectivity index (χ2v) is 7.08. The summed E-state index contributed by atoms with van der Waals surface area (Å²) in [6.07, 6.45) is 1.97. The molecule has 0 spiro atoms. The molecule has 0 amide bonds. The topological polar surface area (TPSA) is 22.1 Å². The Morgan fingerprint density at radius 1 is 0.643 bits per heavy atom. The van der Waals surface area contributed by atoms with Gasteiger partial charge in [-0.25, -0.2) is 0 Å². The van der Waals surface area contributed by atoms with Gasteiger partial charge >= 0.3 is 0 Å². The van der Waals surface area contributed by atoms with Gasteiger partial charge in [0.1, 0.15) is 5.75 Å². The molecule has 0 radical (unpaired) electrons. The van der Waals surface area contributed by atoms with E-state index in [9.17, 15) is 0 Å². The summed E-state index contributed by atoms with van der Waals surface area (Å²) in [7, 11) is 1.69. The van der Waals surface area contributed by atoms with Crippen LogP contribution in [0.5, 0.6) is 5.75 Å². The van der Waals surface area contributed by atoms with E-state index in [4.69, 9.17) is 9.72 Å². The third-order valence-corrected chi connectivity index (χ3v) is 4.96. The molecule has 0 bridgehead atoms. The predicted octanol–water partition coefficient (Wildman–Crippen LogP) is 6.71. The second-order valence-electron chi connectivity index (χ2n) is 7.08. The highest BCUT2D eigenvalue weighted by atomic mass is 16.5. The Hall–Kier alpha value is -3.39. The van der Waals surface area contributed by atoms with Crippen molar-refractivity contribution in [1.82, 2.24) is 4.98 Å². The zero-order valence-electron chi connectivity index (χ0n) is 16.4. The monoisotopic (exact) mass is 365 g/mol. The number of nitrogens with zero attached hydrogens (tertiary/aromatic N) is 1. The zero-order chi connectivity index (χ0) is 19.5. The Bertz CT molecular complexity index is 1110. The third-order valence-electron chi connectivity index (χ3n) is 4.96. The van der Waals surface area contributed by atoms with Crippen molar-refractivity contribution in [3.63, 3.8) is 0 Å². The van der Waals surface area contributed by atoms with Crippen molar-refractivity contribution in [2.24, 2.45) is 0 Å². The molecule has 0 unspecified atom stereocenters. The first kappa shape index (κ1) is 18.0. The summed E-state index contributed by atoms with van der Waals surface area (Å²) >= 11 is 0. The van der Waals surface area contributed by atoms with E-state index >= 15 is 0 Å². The van der Waals surface area contributed by atoms with E-state index < -0.39 is 0 Å². The minimum atomic E-state index is 0.843. The zero-order valence-corrected chi connectivity index (χ0v) is 16.4. The van der Waals surface area contributed by atoms with E-state index in [0.717, 1.165) is 28.1 Å². The van der Waals surface area contributed by atoms with Gasteiger partial charge in [0.15, 0.2) is 0 Å². The molecule has 0 N–H and O–H groups in total. The fourth-order valence-electron chi connectivity index (χ4n) is 3.41. The molecule has 138 valence electrons. The summed E-state index contributed by atoms with van der Waals surface area (Å²) in [5, 5.41) is 0. The van der Waals surface area contributed by atoms with E-state index in [-0.39, 0.29) is 0 Å². The van der Waals surface area contributed by atoms with Crippen LogP contribution in [0.4, 0.5) is 0 Å². The van der Waals surface area contributed by atoms with Crippen LogP contribution in [0, 0.1) is 13.8 Å². The Morgan fingerprint density at radius 2 is 1.39 bits per heavy atom. The molecule has 4 aromatic rings. The maximum Gasteiger partial charge on any atom is 0.119 e. The Labute approximate surface area is 166 Å². The molecule has 1 aromatic heterocycles. The number of pyridine rings is 1. The third kappa shape index (κ3) is 3.67. The lowest BCUT2D eigenvalue weighted by molar-refractivity contribution is 0.415. The molecule has 0 saturated heterocycles. The molecule has 3 aromatic carbocycles. The van der Waals surface area contributed by atoms with Crippen LogP contribution in [-0.2, 0) is 0 Å². The molecule has 0 aliphatic heterocycles. The molecule has 0 fully saturated rings. The Morgan fingerprint density at radius 3 is 2.14 bits per heavy atom. The number of rotatable bonds is 4. The van der Waals surface area contributed by atoms with Crippen molar-refractivity contribution in [2.45, 2.75) is 13.8 Å². The van der Waals surface area contributed by atoms with E-state index in [2.05, 4.69) is 80.6 Å². The first-order chi connectivity index (χ1) is 13.6. The van der Waals surface area contributed by atoms with Gasteiger partial charge in [-0.2, -0.15) is 0 Å². The van der Waals surface area contributed by atoms with Gasteiger partial charge in [-0.15, -0.1) is 0 Å². The molecule has 28 heavy (non-hydrogen) atoms. The quantitative estimate of drug-likeness (QED) is 0.401. The maximum absolute atomic E-state index is 5.42. The molecule has 2 heteroatoms. The van der Waals surface area contributed by atoms with Crippen LogP contribution in [0.25, 0.3) is 33.5 Å². The normalized spacial score (nSPS) is 10.7. The molecule has 0 aliphatic carbocycles. The lowest BCUT2D eigenvalue weighted by atomic mass is 9.94. The van der Waals surface area contributed by atoms with E-state index in [1.165, 1.54) is 22.3 Å². The van der Waals surface area contributed by atoms with Gasteiger partial charge in [0, 0.05) is 17.3 Å². The molecule has 1 heterocycles. The van der Waals surface area contributed by atoms with Crippen LogP contribution in [0.2, 0.25) is 0 Å². The number of hydrogen-bond acceptors (Lipinski definition) is 2. The largest absolute Gasteiger partial charge is 0.497 e. The first-order valence-electron chi connectivity index (χ1n) is 9.42. The van der Waals surface area contributed by atoms with E-state index in [1.54, 1.807) is 7.11 Å². The summed E-state index contributed by atoms with van der Waals surface area (Å²) in [5.41, 5.74) is 9.13. The molecule has 0 saturated carbocycles. The second kappa shape index (κ2) is 7.69. The standard InChI is InChI=1S/C26H23NO/c1-18-10-12-20(13-11-18)24-16-26(22-8-4-6-19(2)14-22)27-17-25(24)21-7-5-9-23(15-21)28-3/h4-17H,1-3H3. The number of benzene rings is 3. The minimum Gasteiger partial charge on any atom is -0.497 e. The van der Waals surface area contributed by atoms with Crippen molar-refractivity contribution in [2.75, 3.05) is 7.11 Å². The molecule has 0 aliphatic rings. The lowest BCUT2D eigenvalue weighted by Gasteiger charge is -2.13. The molecule has 4 rings (SSSR count). The highest BCUT2D eigenvalue weighted by molar-refractivity contribution is 5.86. The lowest BCUT2D eigenvalue weighted by Crippen LogP contribution is -1.92. The van der Waals surface area contributed by atoms with Gasteiger partial charge in [-0.3, -0.25) is 4.98 Å². The predicted molar refractivity (Wildman–Crippen MR) is 117 cm³/mol. The van der Waals surface area contributed by atoms with Crippen LogP contribution in [0.3, 0.4) is 0 Å². The molecular weight excluding hydrogens is 342 g/mol. The number of ether oxygens (including phenoxy) is 1. The van der Waals surface area contributed by atoms with Crippen LogP contribution < -0.4 is 4.74 Å². The molecule has 2 nitrogen and oxygen atoms in total. The number of aromatic nitrogens is 1. The summed E-state index contributed by atoms with van der Waals surface area (Å²) in [6.45, 7) is 4.21. The van der Waals surface area contributed by atoms with Gasteiger partial charge < -0.3 is 4.74 Å². The summed E-state index contributed by atoms with van der Waals surface area (Å²) < 4.78 is 5.42. The average molecular weight is 365 g/mol. The summed E-state index contributed by atoms with van der Waals surface area (Å²) in [4.78, 5) is 4.78. The van der Waals surface area contributed by atoms with E-state index in [0.29, 0.717) is 0 Å². The van der Waals surface area contributed by atoms with Gasteiger partial charge in [0.2, 0.25) is 0 Å². The van der Waals surface area contributed by atoms with Gasteiger partial charge in [-0.05, 0) is 54.8 Å². The van der Waals surface area contributed by atoms with Crippen molar-refractivity contribution < 1.29 is 4.74 Å². The fourth-order valence-corrected chi connectivity index (χ4v) is 3.41. The fraction of sp³-hybridized carbons (Fsp3) is 0.115. The van der Waals surface area contributed by atoms with Gasteiger partial charge in [0.05, 0.1) is 12.8 Å².